The van der Waals surface area contributed by atoms with E-state index in [1.165, 1.54) is 6.08 Å². The average Bonchev–Trinajstić information content (AvgIpc) is 2.78. The van der Waals surface area contributed by atoms with Crippen LogP contribution in [0.1, 0.15) is 64.9 Å². The predicted molar refractivity (Wildman–Crippen MR) is 125 cm³/mol. The van der Waals surface area contributed by atoms with Crippen LogP contribution in [-0.4, -0.2) is 46.7 Å². The summed E-state index contributed by atoms with van der Waals surface area (Å²) in [5, 5.41) is 11.6. The Morgan fingerprint density at radius 3 is 2.33 bits per heavy atom. The number of rotatable bonds is 4. The van der Waals surface area contributed by atoms with E-state index in [1.807, 2.05) is 32.9 Å². The molecule has 180 valence electrons. The number of hydroxylamine groups is 1. The van der Waals surface area contributed by atoms with Crippen LogP contribution in [0.25, 0.3) is 6.08 Å². The van der Waals surface area contributed by atoms with E-state index in [0.717, 1.165) is 38.5 Å². The Bertz CT molecular complexity index is 888. The highest BCUT2D eigenvalue weighted by Crippen LogP contribution is 2.46. The second-order valence-corrected chi connectivity index (χ2v) is 10.1. The van der Waals surface area contributed by atoms with Crippen LogP contribution < -0.4 is 10.8 Å². The number of piperidine rings is 1. The standard InChI is InChI=1S/C25H35N3O5/c1-24(2,3)33-23(31)28-16-14-25(15-17-28)12-10-19(11-13-25)22(30)26-20-7-5-4-6-18(20)8-9-21(29)27-32/h4-9,19,32H,10-17H2,1-3H3,(H,26,30)(H,27,29)/b9-8+. The number of carbonyl (C=O) groups excluding carboxylic acids is 3. The third-order valence-electron chi connectivity index (χ3n) is 6.64. The van der Waals surface area contributed by atoms with Crippen molar-refractivity contribution in [1.82, 2.24) is 10.4 Å². The Morgan fingerprint density at radius 1 is 1.09 bits per heavy atom. The minimum absolute atomic E-state index is 0.0106. The van der Waals surface area contributed by atoms with E-state index in [4.69, 9.17) is 9.94 Å². The number of anilines is 1. The lowest BCUT2D eigenvalue weighted by atomic mass is 9.65. The van der Waals surface area contributed by atoms with Crippen molar-refractivity contribution in [2.45, 2.75) is 64.9 Å². The van der Waals surface area contributed by atoms with Crippen molar-refractivity contribution in [1.29, 1.82) is 0 Å². The first-order chi connectivity index (χ1) is 15.6. The van der Waals surface area contributed by atoms with Gasteiger partial charge in [-0.3, -0.25) is 14.8 Å². The molecule has 2 aliphatic rings. The van der Waals surface area contributed by atoms with E-state index in [0.29, 0.717) is 24.3 Å². The van der Waals surface area contributed by atoms with Crippen LogP contribution >= 0.6 is 0 Å². The number of hydrogen-bond acceptors (Lipinski definition) is 5. The molecule has 1 saturated heterocycles. The van der Waals surface area contributed by atoms with Gasteiger partial charge in [0.05, 0.1) is 0 Å². The third-order valence-corrected chi connectivity index (χ3v) is 6.64. The van der Waals surface area contributed by atoms with Crippen molar-refractivity contribution in [3.8, 4) is 0 Å². The molecule has 33 heavy (non-hydrogen) atoms. The normalized spacial score (nSPS) is 18.8. The number of carbonyl (C=O) groups is 3. The van der Waals surface area contributed by atoms with Crippen molar-refractivity contribution in [2.75, 3.05) is 18.4 Å². The van der Waals surface area contributed by atoms with Gasteiger partial charge in [-0.2, -0.15) is 0 Å². The largest absolute Gasteiger partial charge is 0.444 e. The first-order valence-electron chi connectivity index (χ1n) is 11.6. The van der Waals surface area contributed by atoms with Crippen LogP contribution in [-0.2, 0) is 14.3 Å². The lowest BCUT2D eigenvalue weighted by Crippen LogP contribution is -2.46. The summed E-state index contributed by atoms with van der Waals surface area (Å²) in [5.74, 6) is -0.702. The zero-order valence-corrected chi connectivity index (χ0v) is 19.7. The van der Waals surface area contributed by atoms with Crippen molar-refractivity contribution in [3.05, 3.63) is 35.9 Å². The van der Waals surface area contributed by atoms with Crippen LogP contribution in [0.4, 0.5) is 10.5 Å². The topological polar surface area (TPSA) is 108 Å². The highest BCUT2D eigenvalue weighted by atomic mass is 16.6. The van der Waals surface area contributed by atoms with Gasteiger partial charge in [-0.1, -0.05) is 18.2 Å². The number of amides is 3. The summed E-state index contributed by atoms with van der Waals surface area (Å²) >= 11 is 0. The minimum atomic E-state index is -0.633. The molecule has 1 spiro atoms. The number of benzene rings is 1. The average molecular weight is 458 g/mol. The van der Waals surface area contributed by atoms with Gasteiger partial charge in [0.25, 0.3) is 5.91 Å². The van der Waals surface area contributed by atoms with E-state index < -0.39 is 11.5 Å². The summed E-state index contributed by atoms with van der Waals surface area (Å²) in [5.41, 5.74) is 2.59. The highest BCUT2D eigenvalue weighted by Gasteiger charge is 2.41. The molecule has 1 aromatic rings. The molecule has 0 bridgehead atoms. The lowest BCUT2D eigenvalue weighted by molar-refractivity contribution is -0.124. The number of likely N-dealkylation sites (tertiary alicyclic amines) is 1. The van der Waals surface area contributed by atoms with Gasteiger partial charge in [0.15, 0.2) is 0 Å². The summed E-state index contributed by atoms with van der Waals surface area (Å²) < 4.78 is 5.50. The maximum Gasteiger partial charge on any atom is 0.410 e. The van der Waals surface area contributed by atoms with Crippen molar-refractivity contribution >= 4 is 29.7 Å². The van der Waals surface area contributed by atoms with E-state index in [9.17, 15) is 14.4 Å². The number of ether oxygens (including phenoxy) is 1. The molecular formula is C25H35N3O5. The monoisotopic (exact) mass is 457 g/mol. The maximum atomic E-state index is 12.9. The minimum Gasteiger partial charge on any atom is -0.444 e. The Labute approximate surface area is 195 Å². The summed E-state index contributed by atoms with van der Waals surface area (Å²) in [6.07, 6.45) is 8.01. The molecule has 0 atom stereocenters. The molecule has 1 aliphatic carbocycles. The van der Waals surface area contributed by atoms with Gasteiger partial charge in [-0.25, -0.2) is 10.3 Å². The van der Waals surface area contributed by atoms with Gasteiger partial charge in [0, 0.05) is 30.8 Å². The molecule has 3 N–H and O–H groups in total. The Balaban J connectivity index is 1.52. The second kappa shape index (κ2) is 10.4. The molecule has 0 unspecified atom stereocenters. The molecule has 0 radical (unpaired) electrons. The molecule has 8 heteroatoms. The zero-order valence-electron chi connectivity index (χ0n) is 19.7. The first-order valence-corrected chi connectivity index (χ1v) is 11.6. The Kier molecular flexibility index (Phi) is 7.79. The van der Waals surface area contributed by atoms with Crippen LogP contribution in [0.15, 0.2) is 30.3 Å². The zero-order chi connectivity index (χ0) is 24.1. The second-order valence-electron chi connectivity index (χ2n) is 10.1. The Morgan fingerprint density at radius 2 is 1.73 bits per heavy atom. The van der Waals surface area contributed by atoms with E-state index in [2.05, 4.69) is 5.32 Å². The molecule has 2 fully saturated rings. The number of nitrogens with one attached hydrogen (secondary N) is 2. The number of hydrogen-bond donors (Lipinski definition) is 3. The fraction of sp³-hybridized carbons (Fsp3) is 0.560. The fourth-order valence-electron chi connectivity index (χ4n) is 4.68. The fourth-order valence-corrected chi connectivity index (χ4v) is 4.68. The summed E-state index contributed by atoms with van der Waals surface area (Å²) in [6.45, 7) is 7.04. The molecule has 1 heterocycles. The van der Waals surface area contributed by atoms with Crippen molar-refractivity contribution in [2.24, 2.45) is 11.3 Å². The molecule has 3 rings (SSSR count). The van der Waals surface area contributed by atoms with Gasteiger partial charge >= 0.3 is 6.09 Å². The molecule has 3 amide bonds. The highest BCUT2D eigenvalue weighted by molar-refractivity contribution is 5.96. The SMILES string of the molecule is CC(C)(C)OC(=O)N1CCC2(CCC(C(=O)Nc3ccccc3/C=C/C(=O)NO)CC2)CC1. The third kappa shape index (κ3) is 6.81. The first kappa shape index (κ1) is 24.8. The quantitative estimate of drug-likeness (QED) is 0.354. The molecule has 1 aliphatic heterocycles. The maximum absolute atomic E-state index is 12.9. The van der Waals surface area contributed by atoms with Gasteiger partial charge < -0.3 is 15.0 Å². The molecule has 1 aromatic carbocycles. The smallest absolute Gasteiger partial charge is 0.410 e. The lowest BCUT2D eigenvalue weighted by Gasteiger charge is -2.45. The Hall–Kier alpha value is -2.87. The number of nitrogens with zero attached hydrogens (tertiary/aromatic N) is 1. The van der Waals surface area contributed by atoms with Gasteiger partial charge in [0.1, 0.15) is 5.60 Å². The van der Waals surface area contributed by atoms with Crippen LogP contribution in [0.5, 0.6) is 0 Å². The molecule has 1 saturated carbocycles. The van der Waals surface area contributed by atoms with E-state index in [-0.39, 0.29) is 23.3 Å². The predicted octanol–water partition coefficient (Wildman–Crippen LogP) is 4.35. The summed E-state index contributed by atoms with van der Waals surface area (Å²) in [6, 6.07) is 7.24. The van der Waals surface area contributed by atoms with Crippen LogP contribution in [0.3, 0.4) is 0 Å². The molecule has 0 aromatic heterocycles. The van der Waals surface area contributed by atoms with Crippen LogP contribution in [0, 0.1) is 11.3 Å². The van der Waals surface area contributed by atoms with Gasteiger partial charge in [0.2, 0.25) is 5.91 Å². The number of para-hydroxylation sites is 1. The van der Waals surface area contributed by atoms with E-state index in [1.54, 1.807) is 28.6 Å². The summed E-state index contributed by atoms with van der Waals surface area (Å²) in [7, 11) is 0. The van der Waals surface area contributed by atoms with Crippen molar-refractivity contribution in [3.63, 3.8) is 0 Å². The summed E-state index contributed by atoms with van der Waals surface area (Å²) in [4.78, 5) is 38.3. The van der Waals surface area contributed by atoms with Crippen LogP contribution in [0.2, 0.25) is 0 Å². The van der Waals surface area contributed by atoms with Gasteiger partial charge in [-0.15, -0.1) is 0 Å². The van der Waals surface area contributed by atoms with Gasteiger partial charge in [-0.05, 0) is 82.4 Å². The van der Waals surface area contributed by atoms with E-state index >= 15 is 0 Å². The van der Waals surface area contributed by atoms with Crippen molar-refractivity contribution < 1.29 is 24.3 Å². The molecule has 8 nitrogen and oxygen atoms in total. The molecular weight excluding hydrogens is 422 g/mol.